The molecule has 1 amide bonds. The molecule has 6 nitrogen and oxygen atoms in total. The molecule has 2 aromatic carbocycles. The second kappa shape index (κ2) is 19.9. The molecule has 1 N–H and O–H groups in total. The number of rotatable bonds is 10. The lowest BCUT2D eigenvalue weighted by atomic mass is 9.90. The molecule has 2 aliphatic heterocycles. The molecule has 2 saturated heterocycles. The van der Waals surface area contributed by atoms with Gasteiger partial charge >= 0.3 is 6.09 Å². The Morgan fingerprint density at radius 2 is 1.25 bits per heavy atom. The topological polar surface area (TPSA) is 60.0 Å². The fourth-order valence-corrected chi connectivity index (χ4v) is 6.52. The van der Waals surface area contributed by atoms with Crippen molar-refractivity contribution in [1.29, 1.82) is 0 Å². The van der Waals surface area contributed by atoms with Crippen LogP contribution in [-0.2, 0) is 17.6 Å². The quantitative estimate of drug-likeness (QED) is 0.262. The number of ether oxygens (including phenoxy) is 3. The van der Waals surface area contributed by atoms with Gasteiger partial charge in [0.15, 0.2) is 0 Å². The number of likely N-dealkylation sites (tertiary alicyclic amines) is 1. The van der Waals surface area contributed by atoms with Crippen LogP contribution in [0.15, 0.2) is 45.3 Å². The van der Waals surface area contributed by atoms with E-state index in [0.29, 0.717) is 5.92 Å². The average Bonchev–Trinajstić information content (AvgIpc) is 2.95. The highest BCUT2D eigenvalue weighted by molar-refractivity contribution is 9.10. The van der Waals surface area contributed by atoms with E-state index in [0.717, 1.165) is 97.9 Å². The summed E-state index contributed by atoms with van der Waals surface area (Å²) < 4.78 is 19.1. The number of carbonyl (C=O) groups excluding carboxylic acids is 1. The summed E-state index contributed by atoms with van der Waals surface area (Å²) in [6, 6.07) is 12.8. The maximum absolute atomic E-state index is 12.1. The number of halogens is 3. The van der Waals surface area contributed by atoms with Crippen molar-refractivity contribution in [2.45, 2.75) is 91.6 Å². The highest BCUT2D eigenvalue weighted by atomic mass is 79.9. The predicted octanol–water partition coefficient (Wildman–Crippen LogP) is 9.63. The number of nitrogens with zero attached hydrogens (tertiary/aromatic N) is 1. The number of amides is 1. The molecule has 0 unspecified atom stereocenters. The van der Waals surface area contributed by atoms with Crippen LogP contribution in [0.5, 0.6) is 11.5 Å². The van der Waals surface area contributed by atoms with Crippen LogP contribution in [0.25, 0.3) is 0 Å². The maximum Gasteiger partial charge on any atom is 0.410 e. The first-order chi connectivity index (χ1) is 20.5. The Hall–Kier alpha value is -1.48. The summed E-state index contributed by atoms with van der Waals surface area (Å²) in [6.45, 7) is 15.4. The second-order valence-electron chi connectivity index (χ2n) is 12.8. The molecule has 2 fully saturated rings. The molecule has 0 aromatic heterocycles. The highest BCUT2D eigenvalue weighted by Gasteiger charge is 2.27. The van der Waals surface area contributed by atoms with Crippen molar-refractivity contribution in [1.82, 2.24) is 10.2 Å². The van der Waals surface area contributed by atoms with Gasteiger partial charge < -0.3 is 24.4 Å². The molecule has 0 bridgehead atoms. The van der Waals surface area contributed by atoms with Gasteiger partial charge in [-0.05, 0) is 145 Å². The third-order valence-corrected chi connectivity index (χ3v) is 8.50. The van der Waals surface area contributed by atoms with Crippen molar-refractivity contribution in [3.8, 4) is 11.5 Å². The lowest BCUT2D eigenvalue weighted by Crippen LogP contribution is -2.42. The molecule has 2 aliphatic rings. The number of hydrogen-bond acceptors (Lipinski definition) is 5. The Morgan fingerprint density at radius 3 is 1.68 bits per heavy atom. The lowest BCUT2D eigenvalue weighted by molar-refractivity contribution is 0.0184. The third-order valence-electron chi connectivity index (χ3n) is 7.58. The zero-order valence-corrected chi connectivity index (χ0v) is 31.3. The van der Waals surface area contributed by atoms with Crippen molar-refractivity contribution in [2.75, 3.05) is 39.4 Å². The van der Waals surface area contributed by atoms with Crippen LogP contribution in [0.4, 0.5) is 4.79 Å². The van der Waals surface area contributed by atoms with Gasteiger partial charge in [0.2, 0.25) is 0 Å². The van der Waals surface area contributed by atoms with E-state index in [1.807, 2.05) is 31.7 Å². The first-order valence-electron chi connectivity index (χ1n) is 16.1. The van der Waals surface area contributed by atoms with Gasteiger partial charge in [-0.25, -0.2) is 4.79 Å². The molecule has 0 saturated carbocycles. The molecule has 2 heterocycles. The molecule has 248 valence electrons. The number of carbonyl (C=O) groups is 1. The van der Waals surface area contributed by atoms with Crippen molar-refractivity contribution in [2.24, 2.45) is 11.8 Å². The minimum Gasteiger partial charge on any atom is -0.494 e. The molecule has 44 heavy (non-hydrogen) atoms. The monoisotopic (exact) mass is 758 g/mol. The van der Waals surface area contributed by atoms with Crippen LogP contribution < -0.4 is 14.8 Å². The van der Waals surface area contributed by atoms with Crippen LogP contribution in [0.3, 0.4) is 0 Å². The zero-order valence-electron chi connectivity index (χ0n) is 27.3. The molecule has 9 heteroatoms. The minimum atomic E-state index is -0.431. The van der Waals surface area contributed by atoms with Gasteiger partial charge in [0.1, 0.15) is 17.1 Å². The summed E-state index contributed by atoms with van der Waals surface area (Å²) in [7, 11) is 0. The van der Waals surface area contributed by atoms with E-state index in [4.69, 9.17) is 14.2 Å². The van der Waals surface area contributed by atoms with E-state index in [1.165, 1.54) is 30.4 Å². The fourth-order valence-electron chi connectivity index (χ4n) is 5.48. The van der Waals surface area contributed by atoms with Crippen molar-refractivity contribution < 1.29 is 19.0 Å². The van der Waals surface area contributed by atoms with Gasteiger partial charge in [0, 0.05) is 22.0 Å². The van der Waals surface area contributed by atoms with E-state index in [1.54, 1.807) is 0 Å². The van der Waals surface area contributed by atoms with Crippen LogP contribution in [0, 0.1) is 11.8 Å². The number of benzene rings is 2. The van der Waals surface area contributed by atoms with Crippen LogP contribution in [0.1, 0.15) is 84.3 Å². The first kappa shape index (κ1) is 38.7. The maximum atomic E-state index is 12.1. The highest BCUT2D eigenvalue weighted by Crippen LogP contribution is 2.28. The molecular formula is C35H53Br2ClN2O4. The zero-order chi connectivity index (χ0) is 31.2. The summed E-state index contributed by atoms with van der Waals surface area (Å²) in [5.41, 5.74) is 2.25. The molecule has 4 rings (SSSR count). The Kier molecular flexibility index (Phi) is 17.5. The average molecular weight is 761 g/mol. The fraction of sp³-hybridized carbons (Fsp3) is 0.629. The van der Waals surface area contributed by atoms with Crippen LogP contribution in [-0.4, -0.2) is 56.0 Å². The van der Waals surface area contributed by atoms with E-state index in [-0.39, 0.29) is 18.5 Å². The SMILES string of the molecule is CCCOc1cc(Br)cc(CC2CCN(C(=O)OC(C)(C)C)CC2)c1.CCCOc1cc(Br)cc(CC2CCNCC2)c1.Cl. The molecule has 0 aliphatic carbocycles. The summed E-state index contributed by atoms with van der Waals surface area (Å²) >= 11 is 7.15. The second-order valence-corrected chi connectivity index (χ2v) is 14.6. The number of hydrogen-bond donors (Lipinski definition) is 1. The molecule has 0 atom stereocenters. The van der Waals surface area contributed by atoms with Crippen molar-refractivity contribution >= 4 is 50.4 Å². The minimum absolute atomic E-state index is 0. The summed E-state index contributed by atoms with van der Waals surface area (Å²) in [4.78, 5) is 14.0. The van der Waals surface area contributed by atoms with Gasteiger partial charge in [0.05, 0.1) is 13.2 Å². The van der Waals surface area contributed by atoms with Gasteiger partial charge in [-0.15, -0.1) is 12.4 Å². The Labute approximate surface area is 289 Å². The molecule has 2 aromatic rings. The Bertz CT molecular complexity index is 1130. The van der Waals surface area contributed by atoms with E-state index in [2.05, 4.69) is 81.4 Å². The summed E-state index contributed by atoms with van der Waals surface area (Å²) in [6.07, 6.45) is 8.65. The molecular weight excluding hydrogens is 708 g/mol. The Balaban J connectivity index is 0.000000315. The normalized spacial score (nSPS) is 15.9. The largest absolute Gasteiger partial charge is 0.494 e. The predicted molar refractivity (Wildman–Crippen MR) is 191 cm³/mol. The first-order valence-corrected chi connectivity index (χ1v) is 17.7. The van der Waals surface area contributed by atoms with Gasteiger partial charge in [-0.2, -0.15) is 0 Å². The lowest BCUT2D eigenvalue weighted by Gasteiger charge is -2.33. The summed E-state index contributed by atoms with van der Waals surface area (Å²) in [5, 5.41) is 3.42. The van der Waals surface area contributed by atoms with E-state index in [9.17, 15) is 4.79 Å². The Morgan fingerprint density at radius 1 is 0.795 bits per heavy atom. The van der Waals surface area contributed by atoms with E-state index >= 15 is 0 Å². The number of nitrogens with one attached hydrogen (secondary N) is 1. The summed E-state index contributed by atoms with van der Waals surface area (Å²) in [5.74, 6) is 3.33. The van der Waals surface area contributed by atoms with Gasteiger partial charge in [-0.1, -0.05) is 45.7 Å². The van der Waals surface area contributed by atoms with Crippen molar-refractivity contribution in [3.05, 3.63) is 56.5 Å². The molecule has 0 spiro atoms. The van der Waals surface area contributed by atoms with Gasteiger partial charge in [-0.3, -0.25) is 0 Å². The van der Waals surface area contributed by atoms with Crippen LogP contribution in [0.2, 0.25) is 0 Å². The van der Waals surface area contributed by atoms with Crippen LogP contribution >= 0.6 is 44.3 Å². The third kappa shape index (κ3) is 14.7. The van der Waals surface area contributed by atoms with Crippen molar-refractivity contribution in [3.63, 3.8) is 0 Å². The van der Waals surface area contributed by atoms with Gasteiger partial charge in [0.25, 0.3) is 0 Å². The number of piperidine rings is 2. The molecule has 0 radical (unpaired) electrons. The smallest absolute Gasteiger partial charge is 0.410 e. The van der Waals surface area contributed by atoms with E-state index < -0.39 is 5.60 Å². The standard InChI is InChI=1S/C20H30BrNO3.C15H22BrNO.ClH/c1-5-10-24-18-13-16(12-17(21)14-18)11-15-6-8-22(9-7-15)19(23)25-20(2,3)4;1-2-7-18-15-10-13(9-14(16)11-15)8-12-3-5-17-6-4-12;/h12-15H,5-11H2,1-4H3;9-12,17H,2-8H2,1H3;1H.